The summed E-state index contributed by atoms with van der Waals surface area (Å²) in [5, 5.41) is 4.37. The molecule has 1 aromatic carbocycles. The fourth-order valence-corrected chi connectivity index (χ4v) is 4.84. The summed E-state index contributed by atoms with van der Waals surface area (Å²) in [7, 11) is 2.03. The van der Waals surface area contributed by atoms with Gasteiger partial charge in [0.2, 0.25) is 0 Å². The van der Waals surface area contributed by atoms with Gasteiger partial charge in [-0.2, -0.15) is 0 Å². The monoisotopic (exact) mass is 478 g/mol. The zero-order chi connectivity index (χ0) is 23.6. The van der Waals surface area contributed by atoms with E-state index in [1.165, 1.54) is 5.69 Å². The SMILES string of the molecule is Cc1c(C(=O)NCC(C)CN2CCN(c3cccc(Cl)c3Cl)CC2)cc(C(C)(C)C)n1C. The first-order valence-corrected chi connectivity index (χ1v) is 12.1. The Hall–Kier alpha value is -1.69. The van der Waals surface area contributed by atoms with Gasteiger partial charge in [0.1, 0.15) is 0 Å². The predicted octanol–water partition coefficient (Wildman–Crippen LogP) is 5.13. The lowest BCUT2D eigenvalue weighted by Crippen LogP contribution is -2.48. The van der Waals surface area contributed by atoms with Gasteiger partial charge in [0.25, 0.3) is 5.91 Å². The van der Waals surface area contributed by atoms with E-state index in [1.807, 2.05) is 38.2 Å². The Balaban J connectivity index is 1.49. The van der Waals surface area contributed by atoms with E-state index in [2.05, 4.69) is 47.4 Å². The highest BCUT2D eigenvalue weighted by molar-refractivity contribution is 6.43. The molecule has 5 nitrogen and oxygen atoms in total. The molecule has 1 aliphatic heterocycles. The molecule has 2 aromatic rings. The van der Waals surface area contributed by atoms with Crippen LogP contribution in [0.1, 0.15) is 49.4 Å². The van der Waals surface area contributed by atoms with Gasteiger partial charge >= 0.3 is 0 Å². The number of anilines is 1. The van der Waals surface area contributed by atoms with Gasteiger partial charge in [-0.15, -0.1) is 0 Å². The van der Waals surface area contributed by atoms with Crippen LogP contribution in [0.15, 0.2) is 24.3 Å². The first-order chi connectivity index (χ1) is 15.0. The molecule has 1 aromatic heterocycles. The van der Waals surface area contributed by atoms with Crippen molar-refractivity contribution in [1.82, 2.24) is 14.8 Å². The molecular weight excluding hydrogens is 443 g/mol. The molecule has 1 atom stereocenters. The average Bonchev–Trinajstić information content (AvgIpc) is 3.04. The maximum atomic E-state index is 12.8. The van der Waals surface area contributed by atoms with Crippen LogP contribution in [0.25, 0.3) is 0 Å². The molecule has 1 unspecified atom stereocenters. The molecule has 0 aliphatic carbocycles. The number of aromatic nitrogens is 1. The van der Waals surface area contributed by atoms with Crippen molar-refractivity contribution in [3.63, 3.8) is 0 Å². The second-order valence-corrected chi connectivity index (χ2v) is 10.8. The molecule has 1 saturated heterocycles. The van der Waals surface area contributed by atoms with E-state index in [-0.39, 0.29) is 11.3 Å². The molecule has 176 valence electrons. The van der Waals surface area contributed by atoms with Crippen LogP contribution in [0.5, 0.6) is 0 Å². The summed E-state index contributed by atoms with van der Waals surface area (Å²) in [5.41, 5.74) is 3.97. The van der Waals surface area contributed by atoms with Gasteiger partial charge < -0.3 is 14.8 Å². The van der Waals surface area contributed by atoms with E-state index in [0.29, 0.717) is 22.5 Å². The highest BCUT2D eigenvalue weighted by atomic mass is 35.5. The maximum Gasteiger partial charge on any atom is 0.253 e. The van der Waals surface area contributed by atoms with Gasteiger partial charge in [0.05, 0.1) is 21.3 Å². The third-order valence-electron chi connectivity index (χ3n) is 6.37. The topological polar surface area (TPSA) is 40.5 Å². The van der Waals surface area contributed by atoms with E-state index in [4.69, 9.17) is 23.2 Å². The second-order valence-electron chi connectivity index (χ2n) is 10.0. The van der Waals surface area contributed by atoms with Gasteiger partial charge in [-0.25, -0.2) is 0 Å². The molecule has 32 heavy (non-hydrogen) atoms. The average molecular weight is 479 g/mol. The number of benzene rings is 1. The van der Waals surface area contributed by atoms with Crippen LogP contribution in [-0.4, -0.2) is 54.6 Å². The Kier molecular flexibility index (Phi) is 7.85. The lowest BCUT2D eigenvalue weighted by atomic mass is 9.92. The molecule has 0 spiro atoms. The highest BCUT2D eigenvalue weighted by Gasteiger charge is 2.24. The van der Waals surface area contributed by atoms with Gasteiger partial charge in [-0.3, -0.25) is 9.69 Å². The van der Waals surface area contributed by atoms with Crippen LogP contribution >= 0.6 is 23.2 Å². The molecule has 0 radical (unpaired) electrons. The largest absolute Gasteiger partial charge is 0.368 e. The Morgan fingerprint density at radius 2 is 1.81 bits per heavy atom. The van der Waals surface area contributed by atoms with E-state index in [0.717, 1.165) is 49.7 Å². The first-order valence-electron chi connectivity index (χ1n) is 11.4. The highest BCUT2D eigenvalue weighted by Crippen LogP contribution is 2.33. The molecule has 1 N–H and O–H groups in total. The van der Waals surface area contributed by atoms with Crippen LogP contribution < -0.4 is 10.2 Å². The molecule has 1 fully saturated rings. The van der Waals surface area contributed by atoms with Crippen molar-refractivity contribution in [1.29, 1.82) is 0 Å². The normalized spacial score (nSPS) is 16.3. The molecule has 3 rings (SSSR count). The zero-order valence-electron chi connectivity index (χ0n) is 20.1. The van der Waals surface area contributed by atoms with Crippen molar-refractivity contribution in [2.45, 2.75) is 40.0 Å². The third kappa shape index (κ3) is 5.62. The fraction of sp³-hybridized carbons (Fsp3) is 0.560. The number of piperazine rings is 1. The maximum absolute atomic E-state index is 12.8. The van der Waals surface area contributed by atoms with Crippen LogP contribution in [0.2, 0.25) is 10.0 Å². The number of nitrogens with one attached hydrogen (secondary N) is 1. The van der Waals surface area contributed by atoms with Gasteiger partial charge in [0.15, 0.2) is 0 Å². The minimum atomic E-state index is 0.00277. The van der Waals surface area contributed by atoms with Crippen LogP contribution in [-0.2, 0) is 12.5 Å². The molecule has 2 heterocycles. The summed E-state index contributed by atoms with van der Waals surface area (Å²) in [6.07, 6.45) is 0. The number of carbonyl (C=O) groups is 1. The van der Waals surface area contributed by atoms with Crippen molar-refractivity contribution >= 4 is 34.8 Å². The number of halogens is 2. The van der Waals surface area contributed by atoms with Gasteiger partial charge in [0, 0.05) is 63.1 Å². The van der Waals surface area contributed by atoms with Gasteiger partial charge in [-0.1, -0.05) is 57.0 Å². The summed E-state index contributed by atoms with van der Waals surface area (Å²) in [5.74, 6) is 0.382. The van der Waals surface area contributed by atoms with E-state index in [1.54, 1.807) is 0 Å². The van der Waals surface area contributed by atoms with Crippen LogP contribution in [0, 0.1) is 12.8 Å². The molecule has 1 aliphatic rings. The predicted molar refractivity (Wildman–Crippen MR) is 135 cm³/mol. The smallest absolute Gasteiger partial charge is 0.253 e. The number of hydrogen-bond donors (Lipinski definition) is 1. The van der Waals surface area contributed by atoms with E-state index in [9.17, 15) is 4.79 Å². The Morgan fingerprint density at radius 3 is 2.41 bits per heavy atom. The standard InChI is InChI=1S/C25H36Cl2N4O/c1-17(15-28-24(32)19-14-22(25(3,4)5)29(6)18(19)2)16-30-10-12-31(13-11-30)21-9-7-8-20(26)23(21)27/h7-9,14,17H,10-13,15-16H2,1-6H3,(H,28,32). The number of rotatable bonds is 6. The minimum Gasteiger partial charge on any atom is -0.368 e. The Bertz CT molecular complexity index is 956. The molecular formula is C25H36Cl2N4O. The summed E-state index contributed by atoms with van der Waals surface area (Å²) in [6.45, 7) is 16.1. The van der Waals surface area contributed by atoms with E-state index < -0.39 is 0 Å². The molecule has 0 bridgehead atoms. The number of carbonyl (C=O) groups excluding carboxylic acids is 1. The first kappa shape index (κ1) is 24.9. The quantitative estimate of drug-likeness (QED) is 0.625. The van der Waals surface area contributed by atoms with E-state index >= 15 is 0 Å². The van der Waals surface area contributed by atoms with Crippen molar-refractivity contribution in [3.8, 4) is 0 Å². The second kappa shape index (κ2) is 10.1. The Morgan fingerprint density at radius 1 is 1.16 bits per heavy atom. The summed E-state index contributed by atoms with van der Waals surface area (Å²) < 4.78 is 2.13. The van der Waals surface area contributed by atoms with Crippen LogP contribution in [0.4, 0.5) is 5.69 Å². The lowest BCUT2D eigenvalue weighted by Gasteiger charge is -2.37. The van der Waals surface area contributed by atoms with Crippen LogP contribution in [0.3, 0.4) is 0 Å². The summed E-state index contributed by atoms with van der Waals surface area (Å²) in [4.78, 5) is 17.6. The summed E-state index contributed by atoms with van der Waals surface area (Å²) >= 11 is 12.6. The fourth-order valence-electron chi connectivity index (χ4n) is 4.42. The molecule has 7 heteroatoms. The number of hydrogen-bond acceptors (Lipinski definition) is 3. The third-order valence-corrected chi connectivity index (χ3v) is 7.18. The lowest BCUT2D eigenvalue weighted by molar-refractivity contribution is 0.0943. The van der Waals surface area contributed by atoms with Gasteiger partial charge in [-0.05, 0) is 31.0 Å². The Labute approximate surface area is 202 Å². The summed E-state index contributed by atoms with van der Waals surface area (Å²) in [6, 6.07) is 7.83. The van der Waals surface area contributed by atoms with Crippen molar-refractivity contribution in [2.24, 2.45) is 13.0 Å². The number of nitrogens with zero attached hydrogens (tertiary/aromatic N) is 3. The van der Waals surface area contributed by atoms with Crippen molar-refractivity contribution in [2.75, 3.05) is 44.2 Å². The molecule has 1 amide bonds. The number of amides is 1. The molecule has 0 saturated carbocycles. The van der Waals surface area contributed by atoms with Crippen molar-refractivity contribution in [3.05, 3.63) is 51.3 Å². The minimum absolute atomic E-state index is 0.00277. The zero-order valence-corrected chi connectivity index (χ0v) is 21.6. The van der Waals surface area contributed by atoms with Crippen molar-refractivity contribution < 1.29 is 4.79 Å².